The molecule has 1 saturated heterocycles. The number of likely N-dealkylation sites (tertiary alicyclic amines) is 1. The van der Waals surface area contributed by atoms with E-state index in [4.69, 9.17) is 9.47 Å². The van der Waals surface area contributed by atoms with Crippen LogP contribution in [0.15, 0.2) is 54.6 Å². The second kappa shape index (κ2) is 7.89. The molecule has 0 bridgehead atoms. The molecule has 28 heavy (non-hydrogen) atoms. The van der Waals surface area contributed by atoms with Crippen molar-refractivity contribution in [3.8, 4) is 11.6 Å². The summed E-state index contributed by atoms with van der Waals surface area (Å²) in [5.41, 5.74) is 2.96. The highest BCUT2D eigenvalue weighted by molar-refractivity contribution is 5.79. The number of benzene rings is 2. The van der Waals surface area contributed by atoms with Gasteiger partial charge >= 0.3 is 0 Å². The summed E-state index contributed by atoms with van der Waals surface area (Å²) in [6, 6.07) is 17.8. The number of para-hydroxylation sites is 1. The molecule has 3 aromatic rings. The smallest absolute Gasteiger partial charge is 0.227 e. The molecule has 1 unspecified atom stereocenters. The molecule has 2 heterocycles. The third-order valence-corrected chi connectivity index (χ3v) is 5.17. The van der Waals surface area contributed by atoms with Gasteiger partial charge in [0.2, 0.25) is 11.8 Å². The lowest BCUT2D eigenvalue weighted by Crippen LogP contribution is -2.32. The number of aromatic nitrogens is 1. The van der Waals surface area contributed by atoms with Crippen molar-refractivity contribution in [3.05, 3.63) is 65.7 Å². The average Bonchev–Trinajstić information content (AvgIpc) is 3.17. The maximum atomic E-state index is 12.7. The Morgan fingerprint density at radius 2 is 2.04 bits per heavy atom. The second-order valence-electron chi connectivity index (χ2n) is 7.19. The summed E-state index contributed by atoms with van der Waals surface area (Å²) < 4.78 is 11.3. The number of nitrogens with zero attached hydrogens (tertiary/aromatic N) is 2. The number of amides is 1. The molecule has 5 heteroatoms. The molecule has 1 atom stereocenters. The summed E-state index contributed by atoms with van der Waals surface area (Å²) in [7, 11) is 1.65. The van der Waals surface area contributed by atoms with Gasteiger partial charge in [0.05, 0.1) is 25.6 Å². The monoisotopic (exact) mass is 376 g/mol. The number of fused-ring (bicyclic) bond motifs is 1. The van der Waals surface area contributed by atoms with E-state index in [9.17, 15) is 4.79 Å². The predicted octanol–water partition coefficient (Wildman–Crippen LogP) is 3.77. The van der Waals surface area contributed by atoms with Crippen molar-refractivity contribution < 1.29 is 14.3 Å². The van der Waals surface area contributed by atoms with Crippen molar-refractivity contribution in [2.75, 3.05) is 20.2 Å². The zero-order valence-corrected chi connectivity index (χ0v) is 16.2. The number of aryl methyl sites for hydroxylation is 1. The Hall–Kier alpha value is -3.08. The van der Waals surface area contributed by atoms with E-state index >= 15 is 0 Å². The van der Waals surface area contributed by atoms with Crippen molar-refractivity contribution in [2.24, 2.45) is 0 Å². The maximum Gasteiger partial charge on any atom is 0.227 e. The number of rotatable bonds is 5. The van der Waals surface area contributed by atoms with Crippen LogP contribution in [0.25, 0.3) is 10.9 Å². The van der Waals surface area contributed by atoms with Crippen LogP contribution in [-0.4, -0.2) is 42.1 Å². The molecule has 0 N–H and O–H groups in total. The molecule has 0 spiro atoms. The van der Waals surface area contributed by atoms with E-state index < -0.39 is 0 Å². The minimum absolute atomic E-state index is 0.0183. The van der Waals surface area contributed by atoms with Crippen molar-refractivity contribution in [1.29, 1.82) is 0 Å². The van der Waals surface area contributed by atoms with Crippen LogP contribution in [0.2, 0.25) is 0 Å². The topological polar surface area (TPSA) is 51.7 Å². The molecular weight excluding hydrogens is 352 g/mol. The average molecular weight is 376 g/mol. The summed E-state index contributed by atoms with van der Waals surface area (Å²) in [5, 5.41) is 1.09. The van der Waals surface area contributed by atoms with Gasteiger partial charge in [-0.15, -0.1) is 0 Å². The number of methoxy groups -OCH3 is 1. The molecule has 1 fully saturated rings. The van der Waals surface area contributed by atoms with Gasteiger partial charge in [0.1, 0.15) is 11.9 Å². The van der Waals surface area contributed by atoms with Crippen LogP contribution in [0.1, 0.15) is 17.5 Å². The molecule has 1 aliphatic rings. The van der Waals surface area contributed by atoms with Crippen LogP contribution in [-0.2, 0) is 11.2 Å². The highest BCUT2D eigenvalue weighted by Crippen LogP contribution is 2.22. The fourth-order valence-corrected chi connectivity index (χ4v) is 3.67. The summed E-state index contributed by atoms with van der Waals surface area (Å²) in [6.45, 7) is 3.30. The van der Waals surface area contributed by atoms with Crippen molar-refractivity contribution in [1.82, 2.24) is 9.88 Å². The van der Waals surface area contributed by atoms with E-state index in [1.165, 1.54) is 0 Å². The minimum Gasteiger partial charge on any atom is -0.496 e. The van der Waals surface area contributed by atoms with E-state index in [-0.39, 0.29) is 12.0 Å². The Morgan fingerprint density at radius 3 is 2.86 bits per heavy atom. The molecule has 1 aliphatic heterocycles. The zero-order chi connectivity index (χ0) is 19.5. The van der Waals surface area contributed by atoms with Crippen LogP contribution in [0.3, 0.4) is 0 Å². The van der Waals surface area contributed by atoms with Gasteiger partial charge in [-0.25, -0.2) is 4.98 Å². The van der Waals surface area contributed by atoms with Gasteiger partial charge in [-0.1, -0.05) is 30.3 Å². The maximum absolute atomic E-state index is 12.7. The van der Waals surface area contributed by atoms with Gasteiger partial charge in [0.25, 0.3) is 0 Å². The third-order valence-electron chi connectivity index (χ3n) is 5.17. The third kappa shape index (κ3) is 3.93. The highest BCUT2D eigenvalue weighted by atomic mass is 16.5. The van der Waals surface area contributed by atoms with Crippen molar-refractivity contribution in [3.63, 3.8) is 0 Å². The summed E-state index contributed by atoms with van der Waals surface area (Å²) in [6.07, 6.45) is 1.20. The lowest BCUT2D eigenvalue weighted by atomic mass is 10.1. The SMILES string of the molecule is COc1ccc(CC(=O)N2CCC(Oc3ccc4ccccc4n3)C2)cc1C. The molecule has 0 saturated carbocycles. The first kappa shape index (κ1) is 18.3. The molecule has 2 aromatic carbocycles. The molecule has 0 aliphatic carbocycles. The van der Waals surface area contributed by atoms with Crippen molar-refractivity contribution >= 4 is 16.8 Å². The number of carbonyl (C=O) groups is 1. The van der Waals surface area contributed by atoms with E-state index in [0.717, 1.165) is 34.2 Å². The molecule has 1 aromatic heterocycles. The molecular formula is C23H24N2O3. The lowest BCUT2D eigenvalue weighted by Gasteiger charge is -2.17. The quantitative estimate of drug-likeness (QED) is 0.680. The number of carbonyl (C=O) groups excluding carboxylic acids is 1. The Kier molecular flexibility index (Phi) is 5.15. The molecule has 4 rings (SSSR count). The molecule has 1 amide bonds. The van der Waals surface area contributed by atoms with Gasteiger partial charge < -0.3 is 14.4 Å². The molecule has 144 valence electrons. The largest absolute Gasteiger partial charge is 0.496 e. The Labute approximate surface area is 164 Å². The van der Waals surface area contributed by atoms with Gasteiger partial charge in [-0.3, -0.25) is 4.79 Å². The van der Waals surface area contributed by atoms with Gasteiger partial charge in [0.15, 0.2) is 0 Å². The lowest BCUT2D eigenvalue weighted by molar-refractivity contribution is -0.129. The van der Waals surface area contributed by atoms with Gasteiger partial charge in [-0.05, 0) is 36.2 Å². The fourth-order valence-electron chi connectivity index (χ4n) is 3.67. The van der Waals surface area contributed by atoms with Crippen molar-refractivity contribution in [2.45, 2.75) is 25.9 Å². The van der Waals surface area contributed by atoms with E-state index in [1.54, 1.807) is 7.11 Å². The standard InChI is InChI=1S/C23H24N2O3/c1-16-13-17(7-9-21(16)27-2)14-23(26)25-12-11-19(15-25)28-22-10-8-18-5-3-4-6-20(18)24-22/h3-10,13,19H,11-12,14-15H2,1-2H3. The Balaban J connectivity index is 1.36. The number of pyridine rings is 1. The Morgan fingerprint density at radius 1 is 1.18 bits per heavy atom. The zero-order valence-electron chi connectivity index (χ0n) is 16.2. The van der Waals surface area contributed by atoms with Gasteiger partial charge in [-0.2, -0.15) is 0 Å². The van der Waals surface area contributed by atoms with Crippen LogP contribution in [0.5, 0.6) is 11.6 Å². The van der Waals surface area contributed by atoms with E-state index in [1.807, 2.05) is 66.4 Å². The molecule has 0 radical (unpaired) electrons. The number of hydrogen-bond donors (Lipinski definition) is 0. The normalized spacial score (nSPS) is 16.4. The first-order valence-electron chi connectivity index (χ1n) is 9.56. The fraction of sp³-hybridized carbons (Fsp3) is 0.304. The van der Waals surface area contributed by atoms with Crippen LogP contribution in [0, 0.1) is 6.92 Å². The first-order valence-corrected chi connectivity index (χ1v) is 9.56. The van der Waals surface area contributed by atoms with Crippen LogP contribution < -0.4 is 9.47 Å². The number of hydrogen-bond acceptors (Lipinski definition) is 4. The van der Waals surface area contributed by atoms with Crippen LogP contribution >= 0.6 is 0 Å². The second-order valence-corrected chi connectivity index (χ2v) is 7.19. The summed E-state index contributed by atoms with van der Waals surface area (Å²) >= 11 is 0. The Bertz CT molecular complexity index is 1000. The molecule has 5 nitrogen and oxygen atoms in total. The van der Waals surface area contributed by atoms with Gasteiger partial charge in [0, 0.05) is 24.4 Å². The highest BCUT2D eigenvalue weighted by Gasteiger charge is 2.28. The first-order chi connectivity index (χ1) is 13.6. The number of ether oxygens (including phenoxy) is 2. The minimum atomic E-state index is -0.0183. The summed E-state index contributed by atoms with van der Waals surface area (Å²) in [4.78, 5) is 19.1. The predicted molar refractivity (Wildman–Crippen MR) is 109 cm³/mol. The van der Waals surface area contributed by atoms with Crippen LogP contribution in [0.4, 0.5) is 0 Å². The summed E-state index contributed by atoms with van der Waals surface area (Å²) in [5.74, 6) is 1.58. The van der Waals surface area contributed by atoms with E-state index in [2.05, 4.69) is 4.98 Å². The van der Waals surface area contributed by atoms with E-state index in [0.29, 0.717) is 25.4 Å².